The van der Waals surface area contributed by atoms with E-state index in [2.05, 4.69) is 25.9 Å². The maximum atomic E-state index is 12.7. The Labute approximate surface area is 154 Å². The number of β-lactam (4-membered cyclic amide) rings is 1. The molecule has 0 saturated carbocycles. The molecule has 0 bridgehead atoms. The van der Waals surface area contributed by atoms with Crippen LogP contribution in [0.3, 0.4) is 0 Å². The van der Waals surface area contributed by atoms with Crippen LogP contribution in [-0.4, -0.2) is 53.5 Å². The van der Waals surface area contributed by atoms with Crippen molar-refractivity contribution in [3.63, 3.8) is 0 Å². The van der Waals surface area contributed by atoms with Crippen LogP contribution >= 0.6 is 11.8 Å². The lowest BCUT2D eigenvalue weighted by Gasteiger charge is -2.44. The smallest absolute Gasteiger partial charge is 0.249 e. The van der Waals surface area contributed by atoms with Crippen LogP contribution in [0.5, 0.6) is 0 Å². The van der Waals surface area contributed by atoms with Crippen LogP contribution in [0.15, 0.2) is 24.3 Å². The number of anilines is 1. The van der Waals surface area contributed by atoms with Crippen molar-refractivity contribution in [3.8, 4) is 0 Å². The van der Waals surface area contributed by atoms with Gasteiger partial charge in [-0.05, 0) is 42.0 Å². The molecule has 3 heterocycles. The summed E-state index contributed by atoms with van der Waals surface area (Å²) >= 11 is 1.64. The normalized spacial score (nSPS) is 26.3. The van der Waals surface area contributed by atoms with Crippen LogP contribution in [0.4, 0.5) is 5.69 Å². The van der Waals surface area contributed by atoms with Gasteiger partial charge in [0.05, 0.1) is 6.42 Å². The summed E-state index contributed by atoms with van der Waals surface area (Å²) in [7, 11) is 0. The first-order chi connectivity index (χ1) is 12.4. The maximum absolute atomic E-state index is 12.7. The average molecular weight is 373 g/mol. The number of thioether (sulfide) groups is 1. The molecule has 10 heteroatoms. The summed E-state index contributed by atoms with van der Waals surface area (Å²) in [6.45, 7) is 4.09. The summed E-state index contributed by atoms with van der Waals surface area (Å²) in [6, 6.07) is 6.36. The van der Waals surface area contributed by atoms with Crippen LogP contribution in [0.25, 0.3) is 0 Å². The number of amides is 2. The van der Waals surface area contributed by atoms with Crippen molar-refractivity contribution < 1.29 is 9.59 Å². The van der Waals surface area contributed by atoms with Crippen molar-refractivity contribution in [2.24, 2.45) is 0 Å². The number of nitrogens with zero attached hydrogens (tertiary/aromatic N) is 4. The highest BCUT2D eigenvalue weighted by molar-refractivity contribution is 8.01. The first kappa shape index (κ1) is 16.8. The minimum atomic E-state index is -0.526. The Morgan fingerprint density at radius 3 is 2.77 bits per heavy atom. The number of hydrogen-bond donors (Lipinski definition) is 3. The molecule has 136 valence electrons. The summed E-state index contributed by atoms with van der Waals surface area (Å²) < 4.78 is -0.266. The molecule has 2 aromatic rings. The second-order valence-corrected chi connectivity index (χ2v) is 8.78. The number of nitrogens with one attached hydrogen (secondary N) is 2. The van der Waals surface area contributed by atoms with E-state index in [4.69, 9.17) is 5.73 Å². The molecule has 0 aliphatic carbocycles. The Kier molecular flexibility index (Phi) is 3.87. The van der Waals surface area contributed by atoms with Gasteiger partial charge < -0.3 is 16.0 Å². The number of fused-ring (bicyclic) bond motifs is 1. The first-order valence-electron chi connectivity index (χ1n) is 8.24. The summed E-state index contributed by atoms with van der Waals surface area (Å²) in [5.74, 6) is 0.265. The van der Waals surface area contributed by atoms with Crippen molar-refractivity contribution in [2.75, 3.05) is 5.73 Å². The topological polar surface area (TPSA) is 130 Å². The van der Waals surface area contributed by atoms with Crippen molar-refractivity contribution in [1.29, 1.82) is 0 Å². The predicted molar refractivity (Wildman–Crippen MR) is 95.7 cm³/mol. The molecule has 2 aliphatic heterocycles. The van der Waals surface area contributed by atoms with Crippen molar-refractivity contribution in [3.05, 3.63) is 35.7 Å². The molecule has 4 N–H and O–H groups in total. The van der Waals surface area contributed by atoms with Gasteiger partial charge in [0.2, 0.25) is 11.8 Å². The van der Waals surface area contributed by atoms with Gasteiger partial charge in [0.25, 0.3) is 0 Å². The third kappa shape index (κ3) is 2.70. The van der Waals surface area contributed by atoms with Gasteiger partial charge in [-0.3, -0.25) is 9.59 Å². The summed E-state index contributed by atoms with van der Waals surface area (Å²) in [5.41, 5.74) is 7.16. The molecule has 4 rings (SSSR count). The highest BCUT2D eigenvalue weighted by Crippen LogP contribution is 2.56. The Morgan fingerprint density at radius 1 is 1.38 bits per heavy atom. The molecular formula is C16H19N7O2S. The third-order valence-corrected chi connectivity index (χ3v) is 6.29. The number of aromatic nitrogens is 4. The third-order valence-electron chi connectivity index (χ3n) is 4.72. The van der Waals surface area contributed by atoms with Gasteiger partial charge in [0.15, 0.2) is 5.82 Å². The quantitative estimate of drug-likeness (QED) is 0.517. The van der Waals surface area contributed by atoms with Gasteiger partial charge in [0, 0.05) is 10.4 Å². The van der Waals surface area contributed by atoms with Crippen molar-refractivity contribution in [2.45, 2.75) is 42.5 Å². The molecule has 26 heavy (non-hydrogen) atoms. The molecule has 1 aromatic heterocycles. The monoisotopic (exact) mass is 373 g/mol. The average Bonchev–Trinajstić information content (AvgIpc) is 3.19. The lowest BCUT2D eigenvalue weighted by atomic mass is 9.95. The number of hydrogen-bond acceptors (Lipinski definition) is 7. The number of benzene rings is 1. The number of aromatic amines is 1. The van der Waals surface area contributed by atoms with Gasteiger partial charge in [0.1, 0.15) is 17.5 Å². The van der Waals surface area contributed by atoms with E-state index in [-0.39, 0.29) is 34.4 Å². The molecule has 9 nitrogen and oxygen atoms in total. The summed E-state index contributed by atoms with van der Waals surface area (Å²) in [5, 5.41) is 16.7. The molecule has 3 atom stereocenters. The Bertz CT molecular complexity index is 837. The Hall–Kier alpha value is -2.62. The minimum absolute atomic E-state index is 0.111. The molecule has 2 amide bonds. The number of nitrogen functional groups attached to an aromatic ring is 1. The van der Waals surface area contributed by atoms with E-state index < -0.39 is 6.04 Å². The molecule has 2 unspecified atom stereocenters. The Morgan fingerprint density at radius 2 is 2.12 bits per heavy atom. The molecule has 0 spiro atoms. The lowest BCUT2D eigenvalue weighted by Crippen LogP contribution is -2.68. The van der Waals surface area contributed by atoms with Crippen LogP contribution in [-0.2, 0) is 16.0 Å². The van der Waals surface area contributed by atoms with E-state index in [9.17, 15) is 9.59 Å². The van der Waals surface area contributed by atoms with Crippen LogP contribution in [0.2, 0.25) is 0 Å². The number of H-pyrrole nitrogens is 1. The number of carbonyl (C=O) groups is 2. The molecule has 2 aliphatic rings. The zero-order chi connectivity index (χ0) is 18.5. The number of nitrogens with two attached hydrogens (primary N) is 1. The van der Waals surface area contributed by atoms with Crippen LogP contribution in [0.1, 0.15) is 31.3 Å². The number of carbonyl (C=O) groups excluding carboxylic acids is 2. The van der Waals surface area contributed by atoms with Gasteiger partial charge in [-0.2, -0.15) is 0 Å². The highest BCUT2D eigenvalue weighted by Gasteiger charge is 2.63. The van der Waals surface area contributed by atoms with E-state index in [1.54, 1.807) is 28.8 Å². The van der Waals surface area contributed by atoms with E-state index in [1.807, 2.05) is 26.0 Å². The molecule has 2 saturated heterocycles. The fourth-order valence-electron chi connectivity index (χ4n) is 3.52. The first-order valence-corrected chi connectivity index (χ1v) is 9.12. The zero-order valence-corrected chi connectivity index (χ0v) is 15.2. The van der Waals surface area contributed by atoms with Crippen LogP contribution in [0, 0.1) is 0 Å². The van der Waals surface area contributed by atoms with Gasteiger partial charge in [-0.25, -0.2) is 5.10 Å². The molecule has 2 fully saturated rings. The standard InChI is InChI=1S/C16H19N7O2S/c1-16(2)12(13-19-21-22-20-13)23-14(25)11(15(23)26-16)18-10(24)7-8-3-5-9(17)6-4-8/h3-6,11-12,15H,7,17H2,1-2H3,(H,18,24)(H,19,20,21,22)/t11?,12?,15-/m0/s1. The van der Waals surface area contributed by atoms with E-state index in [0.717, 1.165) is 5.56 Å². The van der Waals surface area contributed by atoms with E-state index in [0.29, 0.717) is 11.5 Å². The second kappa shape index (κ2) is 5.97. The van der Waals surface area contributed by atoms with Crippen molar-refractivity contribution in [1.82, 2.24) is 30.8 Å². The zero-order valence-electron chi connectivity index (χ0n) is 14.3. The fraction of sp³-hybridized carbons (Fsp3) is 0.438. The minimum Gasteiger partial charge on any atom is -0.399 e. The maximum Gasteiger partial charge on any atom is 0.249 e. The van der Waals surface area contributed by atoms with E-state index >= 15 is 0 Å². The number of rotatable bonds is 4. The van der Waals surface area contributed by atoms with Crippen LogP contribution < -0.4 is 11.1 Å². The second-order valence-electron chi connectivity index (χ2n) is 7.01. The molecule has 1 aromatic carbocycles. The van der Waals surface area contributed by atoms with Gasteiger partial charge in [-0.1, -0.05) is 12.1 Å². The van der Waals surface area contributed by atoms with Gasteiger partial charge >= 0.3 is 0 Å². The SMILES string of the molecule is CC1(C)S[C@H]2C(NC(=O)Cc3ccc(N)cc3)C(=O)N2C1c1nnn[nH]1. The summed E-state index contributed by atoms with van der Waals surface area (Å²) in [6.07, 6.45) is 0.209. The fourth-order valence-corrected chi connectivity index (χ4v) is 5.15. The molecule has 0 radical (unpaired) electrons. The lowest BCUT2D eigenvalue weighted by molar-refractivity contribution is -0.151. The largest absolute Gasteiger partial charge is 0.399 e. The molecular weight excluding hydrogens is 354 g/mol. The summed E-state index contributed by atoms with van der Waals surface area (Å²) in [4.78, 5) is 26.8. The Balaban J connectivity index is 1.45. The predicted octanol–water partition coefficient (Wildman–Crippen LogP) is 0.244. The van der Waals surface area contributed by atoms with Crippen molar-refractivity contribution >= 4 is 29.3 Å². The number of tetrazole rings is 1. The van der Waals surface area contributed by atoms with Gasteiger partial charge in [-0.15, -0.1) is 16.9 Å². The highest BCUT2D eigenvalue weighted by atomic mass is 32.2. The van der Waals surface area contributed by atoms with E-state index in [1.165, 1.54) is 0 Å².